The number of nitrogens with one attached hydrogen (secondary N) is 1. The summed E-state index contributed by atoms with van der Waals surface area (Å²) in [6.45, 7) is 10.7. The van der Waals surface area contributed by atoms with Crippen LogP contribution in [0, 0.1) is 0 Å². The lowest BCUT2D eigenvalue weighted by Gasteiger charge is -2.20. The Morgan fingerprint density at radius 2 is 2.14 bits per heavy atom. The molecule has 4 heteroatoms. The second kappa shape index (κ2) is 7.93. The summed E-state index contributed by atoms with van der Waals surface area (Å²) in [5, 5.41) is 3.41. The molecule has 0 amide bonds. The third-order valence-corrected chi connectivity index (χ3v) is 4.54. The number of ether oxygens (including phenoxy) is 1. The second-order valence-electron chi connectivity index (χ2n) is 6.68. The minimum Gasteiger partial charge on any atom is -0.376 e. The summed E-state index contributed by atoms with van der Waals surface area (Å²) in [7, 11) is 0. The zero-order chi connectivity index (χ0) is 16.1. The van der Waals surface area contributed by atoms with Gasteiger partial charge in [-0.1, -0.05) is 26.8 Å². The summed E-state index contributed by atoms with van der Waals surface area (Å²) in [5.41, 5.74) is 2.09. The van der Waals surface area contributed by atoms with Gasteiger partial charge in [0.1, 0.15) is 0 Å². The Labute approximate surface area is 133 Å². The molecular weight excluding hydrogens is 276 g/mol. The van der Waals surface area contributed by atoms with Gasteiger partial charge in [0.2, 0.25) is 0 Å². The van der Waals surface area contributed by atoms with E-state index < -0.39 is 0 Å². The minimum absolute atomic E-state index is 0.137. The lowest BCUT2D eigenvalue weighted by molar-refractivity contribution is 0.0951. The zero-order valence-corrected chi connectivity index (χ0v) is 14.4. The average molecular weight is 306 g/mol. The van der Waals surface area contributed by atoms with Crippen LogP contribution in [0.25, 0.3) is 0 Å². The van der Waals surface area contributed by atoms with Crippen molar-refractivity contribution in [2.24, 2.45) is 0 Å². The Morgan fingerprint density at radius 3 is 2.73 bits per heavy atom. The number of hydrogen-bond acceptors (Lipinski definition) is 3. The van der Waals surface area contributed by atoms with Gasteiger partial charge in [-0.25, -0.2) is 0 Å². The molecule has 2 rings (SSSR count). The Balaban J connectivity index is 2.23. The van der Waals surface area contributed by atoms with E-state index in [0.717, 1.165) is 37.1 Å². The highest BCUT2D eigenvalue weighted by atomic mass is 16.5. The molecule has 1 aliphatic heterocycles. The lowest BCUT2D eigenvalue weighted by atomic mass is 10.1. The van der Waals surface area contributed by atoms with Crippen molar-refractivity contribution in [3.8, 4) is 0 Å². The number of hydrogen-bond donors (Lipinski definition) is 1. The number of nitrogens with zero attached hydrogens (tertiary/aromatic N) is 1. The van der Waals surface area contributed by atoms with Gasteiger partial charge in [-0.2, -0.15) is 0 Å². The monoisotopic (exact) mass is 306 g/mol. The summed E-state index contributed by atoms with van der Waals surface area (Å²) < 4.78 is 7.67. The molecular formula is C18H30N2O2. The second-order valence-corrected chi connectivity index (χ2v) is 6.68. The van der Waals surface area contributed by atoms with Gasteiger partial charge in [0.25, 0.3) is 5.56 Å². The Hall–Kier alpha value is -1.13. The van der Waals surface area contributed by atoms with E-state index in [0.29, 0.717) is 25.0 Å². The topological polar surface area (TPSA) is 43.3 Å². The van der Waals surface area contributed by atoms with Gasteiger partial charge in [-0.3, -0.25) is 4.79 Å². The van der Waals surface area contributed by atoms with Crippen molar-refractivity contribution in [3.63, 3.8) is 0 Å². The number of rotatable bonds is 7. The smallest absolute Gasteiger partial charge is 0.255 e. The molecule has 1 aromatic heterocycles. The number of aromatic nitrogens is 1. The summed E-state index contributed by atoms with van der Waals surface area (Å²) in [5.74, 6) is 0.339. The van der Waals surface area contributed by atoms with Crippen LogP contribution in [0.1, 0.15) is 64.1 Å². The molecule has 0 aliphatic carbocycles. The van der Waals surface area contributed by atoms with E-state index in [9.17, 15) is 4.79 Å². The van der Waals surface area contributed by atoms with Crippen molar-refractivity contribution in [1.29, 1.82) is 0 Å². The van der Waals surface area contributed by atoms with Gasteiger partial charge in [-0.15, -0.1) is 0 Å². The van der Waals surface area contributed by atoms with E-state index in [1.807, 2.05) is 10.6 Å². The van der Waals surface area contributed by atoms with E-state index in [-0.39, 0.29) is 11.7 Å². The highest BCUT2D eigenvalue weighted by Crippen LogP contribution is 2.18. The quantitative estimate of drug-likeness (QED) is 0.842. The van der Waals surface area contributed by atoms with Crippen LogP contribution in [-0.2, 0) is 17.8 Å². The summed E-state index contributed by atoms with van der Waals surface area (Å²) in [6.07, 6.45) is 3.41. The van der Waals surface area contributed by atoms with Crippen LogP contribution in [0.4, 0.5) is 0 Å². The van der Waals surface area contributed by atoms with Crippen molar-refractivity contribution in [1.82, 2.24) is 9.88 Å². The molecule has 1 aliphatic rings. The molecule has 4 nitrogen and oxygen atoms in total. The van der Waals surface area contributed by atoms with Crippen LogP contribution in [0.2, 0.25) is 0 Å². The van der Waals surface area contributed by atoms with Crippen molar-refractivity contribution in [2.45, 2.75) is 78.1 Å². The molecule has 0 bridgehead atoms. The van der Waals surface area contributed by atoms with E-state index in [4.69, 9.17) is 4.74 Å². The largest absolute Gasteiger partial charge is 0.376 e. The van der Waals surface area contributed by atoms with Gasteiger partial charge < -0.3 is 14.6 Å². The molecule has 2 unspecified atom stereocenters. The SMILES string of the molecule is CCC(C)NCc1ccc(C(C)C)n(CC2CCCO2)c1=O. The zero-order valence-electron chi connectivity index (χ0n) is 14.4. The third kappa shape index (κ3) is 4.20. The molecule has 0 saturated carbocycles. The molecule has 0 spiro atoms. The van der Waals surface area contributed by atoms with Gasteiger partial charge in [0.05, 0.1) is 12.6 Å². The highest BCUT2D eigenvalue weighted by molar-refractivity contribution is 5.19. The molecule has 2 atom stereocenters. The molecule has 124 valence electrons. The van der Waals surface area contributed by atoms with E-state index >= 15 is 0 Å². The van der Waals surface area contributed by atoms with E-state index in [1.54, 1.807) is 0 Å². The van der Waals surface area contributed by atoms with Crippen LogP contribution in [0.3, 0.4) is 0 Å². The van der Waals surface area contributed by atoms with Crippen LogP contribution in [0.5, 0.6) is 0 Å². The fraction of sp³-hybridized carbons (Fsp3) is 0.722. The van der Waals surface area contributed by atoms with Crippen molar-refractivity contribution < 1.29 is 4.74 Å². The van der Waals surface area contributed by atoms with Gasteiger partial charge in [0, 0.05) is 30.5 Å². The first-order valence-corrected chi connectivity index (χ1v) is 8.60. The van der Waals surface area contributed by atoms with E-state index in [2.05, 4.69) is 39.1 Å². The number of pyridine rings is 1. The summed E-state index contributed by atoms with van der Waals surface area (Å²) >= 11 is 0. The van der Waals surface area contributed by atoms with E-state index in [1.165, 1.54) is 0 Å². The van der Waals surface area contributed by atoms with Crippen LogP contribution >= 0.6 is 0 Å². The standard InChI is InChI=1S/C18H30N2O2/c1-5-14(4)19-11-15-8-9-17(13(2)3)20(18(15)21)12-16-7-6-10-22-16/h8-9,13-14,16,19H,5-7,10-12H2,1-4H3. The Kier molecular flexibility index (Phi) is 6.21. The molecule has 1 N–H and O–H groups in total. The van der Waals surface area contributed by atoms with Crippen LogP contribution < -0.4 is 10.9 Å². The maximum Gasteiger partial charge on any atom is 0.255 e. The fourth-order valence-electron chi connectivity index (χ4n) is 2.89. The first kappa shape index (κ1) is 17.2. The van der Waals surface area contributed by atoms with Gasteiger partial charge in [-0.05, 0) is 38.2 Å². The fourth-order valence-corrected chi connectivity index (χ4v) is 2.89. The Morgan fingerprint density at radius 1 is 1.36 bits per heavy atom. The summed E-state index contributed by atoms with van der Waals surface area (Å²) in [4.78, 5) is 12.9. The Bertz CT molecular complexity index is 530. The molecule has 1 aromatic rings. The normalized spacial score (nSPS) is 19.8. The molecule has 1 saturated heterocycles. The first-order valence-electron chi connectivity index (χ1n) is 8.60. The summed E-state index contributed by atoms with van der Waals surface area (Å²) in [6, 6.07) is 4.52. The van der Waals surface area contributed by atoms with Crippen LogP contribution in [0.15, 0.2) is 16.9 Å². The van der Waals surface area contributed by atoms with Crippen molar-refractivity contribution in [3.05, 3.63) is 33.7 Å². The molecule has 1 fully saturated rings. The van der Waals surface area contributed by atoms with Gasteiger partial charge >= 0.3 is 0 Å². The predicted octanol–water partition coefficient (Wildman–Crippen LogP) is 3.04. The molecule has 0 radical (unpaired) electrons. The van der Waals surface area contributed by atoms with Crippen molar-refractivity contribution in [2.75, 3.05) is 6.61 Å². The minimum atomic E-state index is 0.137. The predicted molar refractivity (Wildman–Crippen MR) is 90.4 cm³/mol. The van der Waals surface area contributed by atoms with Gasteiger partial charge in [0.15, 0.2) is 0 Å². The first-order chi connectivity index (χ1) is 10.5. The lowest BCUT2D eigenvalue weighted by Crippen LogP contribution is -2.34. The molecule has 22 heavy (non-hydrogen) atoms. The van der Waals surface area contributed by atoms with Crippen molar-refractivity contribution >= 4 is 0 Å². The molecule has 0 aromatic carbocycles. The maximum absolute atomic E-state index is 12.9. The average Bonchev–Trinajstić information content (AvgIpc) is 3.00. The maximum atomic E-state index is 12.9. The third-order valence-electron chi connectivity index (χ3n) is 4.54. The molecule has 2 heterocycles. The highest BCUT2D eigenvalue weighted by Gasteiger charge is 2.20. The van der Waals surface area contributed by atoms with Crippen LogP contribution in [-0.4, -0.2) is 23.3 Å².